The van der Waals surface area contributed by atoms with Gasteiger partial charge in [0.25, 0.3) is 0 Å². The molecule has 25 heavy (non-hydrogen) atoms. The van der Waals surface area contributed by atoms with Gasteiger partial charge in [0.15, 0.2) is 0 Å². The van der Waals surface area contributed by atoms with Crippen molar-refractivity contribution >= 4 is 0 Å². The molecule has 0 bridgehead atoms. The van der Waals surface area contributed by atoms with Crippen molar-refractivity contribution in [2.75, 3.05) is 0 Å². The Balaban J connectivity index is 1.66. The van der Waals surface area contributed by atoms with Gasteiger partial charge in [-0.25, -0.2) is 0 Å². The lowest BCUT2D eigenvalue weighted by Gasteiger charge is -2.43. The first-order valence-electron chi connectivity index (χ1n) is 9.88. The molecule has 138 valence electrons. The number of rotatable bonds is 4. The minimum atomic E-state index is -0.782. The largest absolute Gasteiger partial charge is 0.393 e. The molecule has 0 amide bonds. The first-order chi connectivity index (χ1) is 11.7. The number of benzene rings is 1. The van der Waals surface area contributed by atoms with Crippen LogP contribution in [-0.4, -0.2) is 16.3 Å². The molecule has 0 saturated heterocycles. The van der Waals surface area contributed by atoms with Crippen molar-refractivity contribution < 1.29 is 10.2 Å². The van der Waals surface area contributed by atoms with Gasteiger partial charge >= 0.3 is 0 Å². The van der Waals surface area contributed by atoms with Crippen molar-refractivity contribution in [3.8, 4) is 0 Å². The predicted molar refractivity (Wildman–Crippen MR) is 103 cm³/mol. The molecule has 2 saturated carbocycles. The van der Waals surface area contributed by atoms with Gasteiger partial charge in [0.05, 0.1) is 11.7 Å². The Morgan fingerprint density at radius 1 is 1.24 bits per heavy atom. The molecule has 0 aliphatic heterocycles. The van der Waals surface area contributed by atoms with Crippen LogP contribution in [0.3, 0.4) is 0 Å². The third-order valence-corrected chi connectivity index (χ3v) is 7.00. The van der Waals surface area contributed by atoms with Crippen LogP contribution in [0, 0.1) is 23.2 Å². The average molecular weight is 343 g/mol. The van der Waals surface area contributed by atoms with Gasteiger partial charge < -0.3 is 10.2 Å². The lowest BCUT2D eigenvalue weighted by molar-refractivity contribution is -0.0238. The molecule has 2 aliphatic carbocycles. The summed E-state index contributed by atoms with van der Waals surface area (Å²) in [5.74, 6) is 1.61. The van der Waals surface area contributed by atoms with Gasteiger partial charge in [0.2, 0.25) is 0 Å². The third-order valence-electron chi connectivity index (χ3n) is 7.00. The van der Waals surface area contributed by atoms with Crippen molar-refractivity contribution in [1.82, 2.24) is 0 Å². The van der Waals surface area contributed by atoms with Gasteiger partial charge in [-0.1, -0.05) is 56.7 Å². The molecular formula is C23H34O2. The standard InChI is InChI=1S/C23H34O2/c1-16-15-18(21-20(24)9-6-14-23(16,21)4)8-5-7-17-10-12-19(13-11-17)22(2,3)25/h5,8,10-13,16,18,20-21,24-25H,6-7,9,14-15H2,1-4H3/t16-,18?,20?,21?,23?/m1/s1. The minimum absolute atomic E-state index is 0.135. The Kier molecular flexibility index (Phi) is 5.14. The average Bonchev–Trinajstić information content (AvgIpc) is 2.79. The van der Waals surface area contributed by atoms with E-state index in [1.807, 2.05) is 26.0 Å². The number of aliphatic hydroxyl groups is 2. The Labute approximate surface area is 153 Å². The van der Waals surface area contributed by atoms with Crippen LogP contribution in [0.2, 0.25) is 0 Å². The van der Waals surface area contributed by atoms with Gasteiger partial charge in [-0.15, -0.1) is 0 Å². The van der Waals surface area contributed by atoms with Crippen LogP contribution in [-0.2, 0) is 12.0 Å². The van der Waals surface area contributed by atoms with Crippen molar-refractivity contribution in [3.63, 3.8) is 0 Å². The van der Waals surface area contributed by atoms with Crippen LogP contribution in [0.1, 0.15) is 64.5 Å². The molecule has 2 fully saturated rings. The molecule has 2 nitrogen and oxygen atoms in total. The lowest BCUT2D eigenvalue weighted by atomic mass is 9.63. The predicted octanol–water partition coefficient (Wildman–Crippen LogP) is 4.84. The van der Waals surface area contributed by atoms with Crippen LogP contribution in [0.5, 0.6) is 0 Å². The Hall–Kier alpha value is -1.12. The van der Waals surface area contributed by atoms with Crippen LogP contribution in [0.4, 0.5) is 0 Å². The lowest BCUT2D eigenvalue weighted by Crippen LogP contribution is -2.41. The SMILES string of the molecule is C[C@@H]1CC(C=CCc2ccc(C(C)(C)O)cc2)C2C(O)CCCC21C. The monoisotopic (exact) mass is 342 g/mol. The van der Waals surface area contributed by atoms with Gasteiger partial charge in [-0.05, 0) is 73.8 Å². The molecule has 0 radical (unpaired) electrons. The number of hydrogen-bond donors (Lipinski definition) is 2. The topological polar surface area (TPSA) is 40.5 Å². The van der Waals surface area contributed by atoms with E-state index in [-0.39, 0.29) is 6.10 Å². The molecule has 2 heteroatoms. The molecule has 2 N–H and O–H groups in total. The maximum absolute atomic E-state index is 10.6. The molecule has 1 aromatic rings. The molecule has 4 unspecified atom stereocenters. The Morgan fingerprint density at radius 3 is 2.56 bits per heavy atom. The smallest absolute Gasteiger partial charge is 0.0840 e. The summed E-state index contributed by atoms with van der Waals surface area (Å²) in [6, 6.07) is 8.24. The number of allylic oxidation sites excluding steroid dienone is 2. The molecular weight excluding hydrogens is 308 g/mol. The van der Waals surface area contributed by atoms with E-state index in [1.165, 1.54) is 24.8 Å². The van der Waals surface area contributed by atoms with Gasteiger partial charge in [-0.3, -0.25) is 0 Å². The Morgan fingerprint density at radius 2 is 1.92 bits per heavy atom. The molecule has 3 rings (SSSR count). The summed E-state index contributed by atoms with van der Waals surface area (Å²) in [6.45, 7) is 8.40. The van der Waals surface area contributed by atoms with E-state index < -0.39 is 5.60 Å². The zero-order valence-electron chi connectivity index (χ0n) is 16.2. The number of hydrogen-bond acceptors (Lipinski definition) is 2. The highest BCUT2D eigenvalue weighted by Crippen LogP contribution is 2.58. The number of fused-ring (bicyclic) bond motifs is 1. The summed E-state index contributed by atoms with van der Waals surface area (Å²) in [4.78, 5) is 0. The summed E-state index contributed by atoms with van der Waals surface area (Å²) in [7, 11) is 0. The normalized spacial score (nSPS) is 35.9. The van der Waals surface area contributed by atoms with Crippen LogP contribution in [0.15, 0.2) is 36.4 Å². The fourth-order valence-electron chi connectivity index (χ4n) is 5.28. The van der Waals surface area contributed by atoms with E-state index in [1.54, 1.807) is 0 Å². The van der Waals surface area contributed by atoms with Gasteiger partial charge in [0, 0.05) is 0 Å². The maximum atomic E-state index is 10.6. The summed E-state index contributed by atoms with van der Waals surface area (Å²) in [5, 5.41) is 20.6. The van der Waals surface area contributed by atoms with Crippen molar-refractivity contribution in [1.29, 1.82) is 0 Å². The van der Waals surface area contributed by atoms with E-state index in [9.17, 15) is 10.2 Å². The highest BCUT2D eigenvalue weighted by molar-refractivity contribution is 5.27. The van der Waals surface area contributed by atoms with Crippen molar-refractivity contribution in [2.45, 2.75) is 71.5 Å². The summed E-state index contributed by atoms with van der Waals surface area (Å²) >= 11 is 0. The van der Waals surface area contributed by atoms with Crippen LogP contribution < -0.4 is 0 Å². The van der Waals surface area contributed by atoms with Crippen molar-refractivity contribution in [3.05, 3.63) is 47.5 Å². The first kappa shape index (κ1) is 18.7. The second-order valence-corrected chi connectivity index (χ2v) is 9.18. The van der Waals surface area contributed by atoms with E-state index in [0.717, 1.165) is 18.4 Å². The third kappa shape index (κ3) is 3.71. The molecule has 0 aromatic heterocycles. The van der Waals surface area contributed by atoms with E-state index in [2.05, 4.69) is 38.1 Å². The summed E-state index contributed by atoms with van der Waals surface area (Å²) < 4.78 is 0. The van der Waals surface area contributed by atoms with Crippen LogP contribution in [0.25, 0.3) is 0 Å². The number of aliphatic hydroxyl groups excluding tert-OH is 1. The quantitative estimate of drug-likeness (QED) is 0.769. The van der Waals surface area contributed by atoms with E-state index in [4.69, 9.17) is 0 Å². The highest BCUT2D eigenvalue weighted by Gasteiger charge is 2.53. The second-order valence-electron chi connectivity index (χ2n) is 9.18. The van der Waals surface area contributed by atoms with E-state index >= 15 is 0 Å². The minimum Gasteiger partial charge on any atom is -0.393 e. The van der Waals surface area contributed by atoms with E-state index in [0.29, 0.717) is 23.2 Å². The molecule has 0 heterocycles. The van der Waals surface area contributed by atoms with Crippen molar-refractivity contribution in [2.24, 2.45) is 23.2 Å². The highest BCUT2D eigenvalue weighted by atomic mass is 16.3. The Bertz CT molecular complexity index is 610. The second kappa shape index (κ2) is 6.89. The van der Waals surface area contributed by atoms with Gasteiger partial charge in [-0.2, -0.15) is 0 Å². The van der Waals surface area contributed by atoms with Gasteiger partial charge in [0.1, 0.15) is 0 Å². The summed E-state index contributed by atoms with van der Waals surface area (Å²) in [6.07, 6.45) is 10.0. The summed E-state index contributed by atoms with van der Waals surface area (Å²) in [5.41, 5.74) is 1.74. The zero-order valence-corrected chi connectivity index (χ0v) is 16.2. The fourth-order valence-corrected chi connectivity index (χ4v) is 5.28. The fraction of sp³-hybridized carbons (Fsp3) is 0.652. The zero-order chi connectivity index (χ0) is 18.2. The van der Waals surface area contributed by atoms with Crippen LogP contribution >= 0.6 is 0 Å². The first-order valence-corrected chi connectivity index (χ1v) is 9.88. The molecule has 1 aromatic carbocycles. The molecule has 5 atom stereocenters. The molecule has 2 aliphatic rings. The maximum Gasteiger partial charge on any atom is 0.0840 e. The molecule has 0 spiro atoms.